The number of nitriles is 1. The third-order valence-corrected chi connectivity index (χ3v) is 3.54. The number of hydrogen-bond donors (Lipinski definition) is 0. The van der Waals surface area contributed by atoms with E-state index in [0.717, 1.165) is 24.8 Å². The van der Waals surface area contributed by atoms with Gasteiger partial charge in [0.05, 0.1) is 5.56 Å². The molecule has 4 heteroatoms. The van der Waals surface area contributed by atoms with Crippen LogP contribution < -0.4 is 4.90 Å². The molecule has 0 amide bonds. The van der Waals surface area contributed by atoms with Crippen LogP contribution >= 0.6 is 15.9 Å². The molecular formula is C12H14BrN3. The summed E-state index contributed by atoms with van der Waals surface area (Å²) in [6, 6.07) is 5.86. The Morgan fingerprint density at radius 1 is 1.56 bits per heavy atom. The van der Waals surface area contributed by atoms with E-state index in [1.807, 2.05) is 12.1 Å². The van der Waals surface area contributed by atoms with Gasteiger partial charge in [-0.05, 0) is 46.8 Å². The Morgan fingerprint density at radius 3 is 3.00 bits per heavy atom. The first-order valence-electron chi connectivity index (χ1n) is 5.52. The van der Waals surface area contributed by atoms with Crippen LogP contribution in [0.5, 0.6) is 0 Å². The monoisotopic (exact) mass is 279 g/mol. The predicted octanol–water partition coefficient (Wildman–Crippen LogP) is 2.95. The van der Waals surface area contributed by atoms with Crippen LogP contribution in [0.25, 0.3) is 0 Å². The van der Waals surface area contributed by atoms with Crippen molar-refractivity contribution in [1.29, 1.82) is 5.26 Å². The number of rotatable bonds is 1. The van der Waals surface area contributed by atoms with Gasteiger partial charge >= 0.3 is 0 Å². The molecule has 1 fully saturated rings. The van der Waals surface area contributed by atoms with E-state index in [0.29, 0.717) is 10.2 Å². The lowest BCUT2D eigenvalue weighted by Gasteiger charge is -2.31. The van der Waals surface area contributed by atoms with Crippen LogP contribution in [-0.2, 0) is 0 Å². The molecule has 2 heterocycles. The topological polar surface area (TPSA) is 39.9 Å². The molecule has 0 spiro atoms. The maximum absolute atomic E-state index is 8.83. The zero-order valence-electron chi connectivity index (χ0n) is 9.28. The molecule has 1 aliphatic heterocycles. The fourth-order valence-corrected chi connectivity index (χ4v) is 2.48. The van der Waals surface area contributed by atoms with Gasteiger partial charge in [0.25, 0.3) is 0 Å². The molecular weight excluding hydrogens is 266 g/mol. The molecule has 0 saturated carbocycles. The molecule has 1 aromatic heterocycles. The standard InChI is InChI=1S/C12H14BrN3/c1-9-3-2-6-16(8-9)11-5-4-10(7-14)12(13)15-11/h4-5,9H,2-3,6,8H2,1H3. The summed E-state index contributed by atoms with van der Waals surface area (Å²) in [4.78, 5) is 6.71. The maximum atomic E-state index is 8.83. The summed E-state index contributed by atoms with van der Waals surface area (Å²) >= 11 is 3.33. The Morgan fingerprint density at radius 2 is 2.38 bits per heavy atom. The molecule has 2 rings (SSSR count). The molecule has 84 valence electrons. The SMILES string of the molecule is CC1CCCN(c2ccc(C#N)c(Br)n2)C1. The average molecular weight is 280 g/mol. The van der Waals surface area contributed by atoms with Crippen LogP contribution in [0.1, 0.15) is 25.3 Å². The average Bonchev–Trinajstić information content (AvgIpc) is 2.29. The molecule has 0 aromatic carbocycles. The van der Waals surface area contributed by atoms with E-state index in [1.54, 1.807) is 0 Å². The highest BCUT2D eigenvalue weighted by Gasteiger charge is 2.18. The van der Waals surface area contributed by atoms with Crippen molar-refractivity contribution in [3.05, 3.63) is 22.3 Å². The van der Waals surface area contributed by atoms with Crippen molar-refractivity contribution in [3.8, 4) is 6.07 Å². The number of anilines is 1. The Labute approximate surface area is 104 Å². The van der Waals surface area contributed by atoms with Crippen molar-refractivity contribution in [2.75, 3.05) is 18.0 Å². The largest absolute Gasteiger partial charge is 0.356 e. The van der Waals surface area contributed by atoms with Gasteiger partial charge in [0, 0.05) is 13.1 Å². The Bertz CT molecular complexity index is 425. The van der Waals surface area contributed by atoms with Gasteiger partial charge in [0.15, 0.2) is 0 Å². The number of aromatic nitrogens is 1. The van der Waals surface area contributed by atoms with E-state index >= 15 is 0 Å². The molecule has 16 heavy (non-hydrogen) atoms. The first-order valence-corrected chi connectivity index (χ1v) is 6.31. The third kappa shape index (κ3) is 2.35. The summed E-state index contributed by atoms with van der Waals surface area (Å²) in [5.41, 5.74) is 0.591. The lowest BCUT2D eigenvalue weighted by Crippen LogP contribution is -2.34. The van der Waals surface area contributed by atoms with Crippen molar-refractivity contribution >= 4 is 21.7 Å². The van der Waals surface area contributed by atoms with Crippen LogP contribution in [0.4, 0.5) is 5.82 Å². The van der Waals surface area contributed by atoms with E-state index in [9.17, 15) is 0 Å². The minimum absolute atomic E-state index is 0.591. The number of hydrogen-bond acceptors (Lipinski definition) is 3. The summed E-state index contributed by atoms with van der Waals surface area (Å²) in [6.07, 6.45) is 2.52. The Balaban J connectivity index is 2.21. The Kier molecular flexibility index (Phi) is 3.45. The van der Waals surface area contributed by atoms with Gasteiger partial charge < -0.3 is 4.90 Å². The summed E-state index contributed by atoms with van der Waals surface area (Å²) in [5.74, 6) is 1.70. The highest BCUT2D eigenvalue weighted by atomic mass is 79.9. The van der Waals surface area contributed by atoms with Gasteiger partial charge in [-0.2, -0.15) is 5.26 Å². The number of halogens is 1. The van der Waals surface area contributed by atoms with Gasteiger partial charge in [-0.25, -0.2) is 4.98 Å². The van der Waals surface area contributed by atoms with Crippen LogP contribution in [0.15, 0.2) is 16.7 Å². The van der Waals surface area contributed by atoms with Crippen LogP contribution in [0, 0.1) is 17.2 Å². The molecule has 1 unspecified atom stereocenters. The zero-order chi connectivity index (χ0) is 11.5. The lowest BCUT2D eigenvalue weighted by molar-refractivity contribution is 0.444. The zero-order valence-corrected chi connectivity index (χ0v) is 10.9. The second-order valence-electron chi connectivity index (χ2n) is 4.31. The fourth-order valence-electron chi connectivity index (χ4n) is 2.08. The van der Waals surface area contributed by atoms with E-state index < -0.39 is 0 Å². The van der Waals surface area contributed by atoms with Gasteiger partial charge in [0.1, 0.15) is 16.5 Å². The lowest BCUT2D eigenvalue weighted by atomic mass is 10.0. The van der Waals surface area contributed by atoms with Crippen molar-refractivity contribution in [2.45, 2.75) is 19.8 Å². The summed E-state index contributed by atoms with van der Waals surface area (Å²) < 4.78 is 0.644. The number of piperidine rings is 1. The highest BCUT2D eigenvalue weighted by Crippen LogP contribution is 2.24. The van der Waals surface area contributed by atoms with E-state index in [1.165, 1.54) is 12.8 Å². The van der Waals surface area contributed by atoms with Gasteiger partial charge in [0.2, 0.25) is 0 Å². The van der Waals surface area contributed by atoms with Crippen LogP contribution in [0.3, 0.4) is 0 Å². The minimum atomic E-state index is 0.591. The van der Waals surface area contributed by atoms with Crippen LogP contribution in [0.2, 0.25) is 0 Å². The van der Waals surface area contributed by atoms with Crippen molar-refractivity contribution in [1.82, 2.24) is 4.98 Å². The first kappa shape index (κ1) is 11.4. The molecule has 0 N–H and O–H groups in total. The summed E-state index contributed by atoms with van der Waals surface area (Å²) in [6.45, 7) is 4.39. The second-order valence-corrected chi connectivity index (χ2v) is 5.06. The summed E-state index contributed by atoms with van der Waals surface area (Å²) in [7, 11) is 0. The molecule has 0 aliphatic carbocycles. The normalized spacial score (nSPS) is 20.6. The van der Waals surface area contributed by atoms with E-state index in [-0.39, 0.29) is 0 Å². The van der Waals surface area contributed by atoms with Gasteiger partial charge in [-0.3, -0.25) is 0 Å². The van der Waals surface area contributed by atoms with Gasteiger partial charge in [-0.15, -0.1) is 0 Å². The van der Waals surface area contributed by atoms with E-state index in [4.69, 9.17) is 5.26 Å². The van der Waals surface area contributed by atoms with Crippen LogP contribution in [-0.4, -0.2) is 18.1 Å². The first-order chi connectivity index (χ1) is 7.70. The van der Waals surface area contributed by atoms with Crippen molar-refractivity contribution < 1.29 is 0 Å². The molecule has 0 bridgehead atoms. The molecule has 0 radical (unpaired) electrons. The van der Waals surface area contributed by atoms with Crippen molar-refractivity contribution in [2.24, 2.45) is 5.92 Å². The van der Waals surface area contributed by atoms with Crippen molar-refractivity contribution in [3.63, 3.8) is 0 Å². The van der Waals surface area contributed by atoms with E-state index in [2.05, 4.69) is 38.8 Å². The number of nitrogens with zero attached hydrogens (tertiary/aromatic N) is 3. The minimum Gasteiger partial charge on any atom is -0.356 e. The highest BCUT2D eigenvalue weighted by molar-refractivity contribution is 9.10. The molecule has 1 aromatic rings. The predicted molar refractivity (Wildman–Crippen MR) is 67.3 cm³/mol. The fraction of sp³-hybridized carbons (Fsp3) is 0.500. The molecule has 3 nitrogen and oxygen atoms in total. The third-order valence-electron chi connectivity index (χ3n) is 2.94. The molecule has 1 aliphatic rings. The molecule has 1 saturated heterocycles. The Hall–Kier alpha value is -1.08. The number of pyridine rings is 1. The molecule has 1 atom stereocenters. The smallest absolute Gasteiger partial charge is 0.129 e. The summed E-state index contributed by atoms with van der Waals surface area (Å²) in [5, 5.41) is 8.83. The quantitative estimate of drug-likeness (QED) is 0.742. The van der Waals surface area contributed by atoms with Gasteiger partial charge in [-0.1, -0.05) is 6.92 Å². The second kappa shape index (κ2) is 4.84. The maximum Gasteiger partial charge on any atom is 0.129 e.